The van der Waals surface area contributed by atoms with Crippen molar-refractivity contribution in [1.29, 1.82) is 0 Å². The number of hydrogen-bond donors (Lipinski definition) is 4. The van der Waals surface area contributed by atoms with Gasteiger partial charge in [0.05, 0.1) is 5.56 Å². The van der Waals surface area contributed by atoms with E-state index in [0.717, 1.165) is 5.56 Å². The zero-order valence-electron chi connectivity index (χ0n) is 14.5. The average Bonchev–Trinajstić information content (AvgIpc) is 2.61. The highest BCUT2D eigenvalue weighted by Gasteiger charge is 2.35. The molecule has 0 radical (unpaired) electrons. The Labute approximate surface area is 182 Å². The van der Waals surface area contributed by atoms with E-state index in [2.05, 4.69) is 16.0 Å². The molecule has 148 valence electrons. The van der Waals surface area contributed by atoms with Gasteiger partial charge in [-0.3, -0.25) is 4.79 Å². The van der Waals surface area contributed by atoms with Crippen molar-refractivity contribution >= 4 is 69.7 Å². The number of aryl methyl sites for hydroxylation is 1. The van der Waals surface area contributed by atoms with E-state index >= 15 is 0 Å². The summed E-state index contributed by atoms with van der Waals surface area (Å²) in [6.45, 7) is 1.79. The molecule has 0 fully saturated rings. The Morgan fingerprint density at radius 1 is 1.04 bits per heavy atom. The van der Waals surface area contributed by atoms with E-state index in [4.69, 9.17) is 52.1 Å². The zero-order valence-corrected chi connectivity index (χ0v) is 17.6. The summed E-state index contributed by atoms with van der Waals surface area (Å²) in [4.78, 5) is 23.4. The van der Waals surface area contributed by atoms with Gasteiger partial charge in [0.1, 0.15) is 6.17 Å². The molecule has 2 aromatic rings. The van der Waals surface area contributed by atoms with E-state index in [9.17, 15) is 9.59 Å². The minimum atomic E-state index is -1.89. The standard InChI is InChI=1S/C18H16Cl3N3O3S/c1-10-4-2-3-5-13(10)14(25)23-16(18(19,20)21)24-17(28)22-12-8-6-11(7-9-12)15(26)27/h2-9,16H,1H3,(H,23,25)(H,26,27)(H2,22,24,28). The maximum Gasteiger partial charge on any atom is 0.335 e. The summed E-state index contributed by atoms with van der Waals surface area (Å²) in [5.41, 5.74) is 1.86. The quantitative estimate of drug-likeness (QED) is 0.305. The Balaban J connectivity index is 2.07. The number of alkyl halides is 3. The number of aromatic carboxylic acids is 1. The first-order chi connectivity index (χ1) is 13.1. The molecule has 0 bridgehead atoms. The van der Waals surface area contributed by atoms with Gasteiger partial charge in [0.2, 0.25) is 3.79 Å². The van der Waals surface area contributed by atoms with E-state index in [-0.39, 0.29) is 10.7 Å². The largest absolute Gasteiger partial charge is 0.478 e. The maximum atomic E-state index is 12.5. The van der Waals surface area contributed by atoms with E-state index in [1.807, 2.05) is 6.07 Å². The van der Waals surface area contributed by atoms with Crippen LogP contribution in [0, 0.1) is 6.92 Å². The molecule has 0 aliphatic carbocycles. The molecule has 1 amide bonds. The lowest BCUT2D eigenvalue weighted by molar-refractivity contribution is 0.0696. The first kappa shape index (κ1) is 22.2. The van der Waals surface area contributed by atoms with Crippen molar-refractivity contribution < 1.29 is 14.7 Å². The second kappa shape index (κ2) is 9.43. The van der Waals surface area contributed by atoms with Crippen molar-refractivity contribution in [2.24, 2.45) is 0 Å². The number of carboxylic acid groups (broad SMARTS) is 1. The number of rotatable bonds is 5. The highest BCUT2D eigenvalue weighted by molar-refractivity contribution is 7.80. The number of anilines is 1. The molecule has 28 heavy (non-hydrogen) atoms. The van der Waals surface area contributed by atoms with Crippen LogP contribution in [0.25, 0.3) is 0 Å². The van der Waals surface area contributed by atoms with Crippen molar-refractivity contribution in [3.05, 3.63) is 65.2 Å². The van der Waals surface area contributed by atoms with Crippen LogP contribution in [0.3, 0.4) is 0 Å². The molecule has 0 aliphatic rings. The van der Waals surface area contributed by atoms with Crippen molar-refractivity contribution in [3.63, 3.8) is 0 Å². The number of carbonyl (C=O) groups excluding carboxylic acids is 1. The van der Waals surface area contributed by atoms with Gasteiger partial charge in [0.25, 0.3) is 5.91 Å². The van der Waals surface area contributed by atoms with E-state index in [1.54, 1.807) is 25.1 Å². The average molecular weight is 461 g/mol. The van der Waals surface area contributed by atoms with Gasteiger partial charge >= 0.3 is 5.97 Å². The summed E-state index contributed by atoms with van der Waals surface area (Å²) in [5, 5.41) is 17.2. The minimum Gasteiger partial charge on any atom is -0.478 e. The first-order valence-corrected chi connectivity index (χ1v) is 9.46. The zero-order chi connectivity index (χ0) is 20.9. The van der Waals surface area contributed by atoms with Crippen LogP contribution >= 0.6 is 47.0 Å². The summed E-state index contributed by atoms with van der Waals surface area (Å²) >= 11 is 23.1. The SMILES string of the molecule is Cc1ccccc1C(=O)NC(NC(=S)Nc1ccc(C(=O)O)cc1)C(Cl)(Cl)Cl. The molecule has 4 N–H and O–H groups in total. The van der Waals surface area contributed by atoms with Gasteiger partial charge in [-0.1, -0.05) is 53.0 Å². The molecule has 0 aliphatic heterocycles. The summed E-state index contributed by atoms with van der Waals surface area (Å²) in [5.74, 6) is -1.47. The van der Waals surface area contributed by atoms with Gasteiger partial charge in [-0.15, -0.1) is 0 Å². The molecule has 1 atom stereocenters. The molecule has 0 spiro atoms. The van der Waals surface area contributed by atoms with Crippen LogP contribution in [0.4, 0.5) is 5.69 Å². The van der Waals surface area contributed by atoms with Crippen LogP contribution in [0.2, 0.25) is 0 Å². The molecular formula is C18H16Cl3N3O3S. The van der Waals surface area contributed by atoms with E-state index in [1.165, 1.54) is 24.3 Å². The minimum absolute atomic E-state index is 0.0736. The fourth-order valence-corrected chi connectivity index (χ4v) is 2.79. The fourth-order valence-electron chi connectivity index (χ4n) is 2.23. The molecule has 0 saturated carbocycles. The third kappa shape index (κ3) is 6.24. The Morgan fingerprint density at radius 2 is 1.64 bits per heavy atom. The van der Waals surface area contributed by atoms with Crippen LogP contribution in [-0.4, -0.2) is 32.1 Å². The Kier molecular flexibility index (Phi) is 7.48. The van der Waals surface area contributed by atoms with Gasteiger partial charge in [-0.05, 0) is 55.0 Å². The summed E-state index contributed by atoms with van der Waals surface area (Å²) in [7, 11) is 0. The van der Waals surface area contributed by atoms with Gasteiger partial charge in [0.15, 0.2) is 5.11 Å². The fraction of sp³-hybridized carbons (Fsp3) is 0.167. The third-order valence-corrected chi connectivity index (χ3v) is 4.53. The lowest BCUT2D eigenvalue weighted by Gasteiger charge is -2.28. The maximum absolute atomic E-state index is 12.5. The van der Waals surface area contributed by atoms with Crippen LogP contribution in [-0.2, 0) is 0 Å². The predicted octanol–water partition coefficient (Wildman–Crippen LogP) is 4.11. The molecule has 10 heteroatoms. The summed E-state index contributed by atoms with van der Waals surface area (Å²) < 4.78 is -1.89. The van der Waals surface area contributed by atoms with Crippen molar-refractivity contribution in [1.82, 2.24) is 10.6 Å². The topological polar surface area (TPSA) is 90.5 Å². The lowest BCUT2D eigenvalue weighted by Crippen LogP contribution is -2.56. The van der Waals surface area contributed by atoms with Crippen molar-refractivity contribution in [2.75, 3.05) is 5.32 Å². The smallest absolute Gasteiger partial charge is 0.335 e. The van der Waals surface area contributed by atoms with Crippen LogP contribution in [0.5, 0.6) is 0 Å². The predicted molar refractivity (Wildman–Crippen MR) is 115 cm³/mol. The van der Waals surface area contributed by atoms with Gasteiger partial charge < -0.3 is 21.1 Å². The molecule has 0 saturated heterocycles. The summed E-state index contributed by atoms with van der Waals surface area (Å²) in [6, 6.07) is 12.9. The number of amides is 1. The summed E-state index contributed by atoms with van der Waals surface area (Å²) in [6.07, 6.45) is -1.12. The Bertz CT molecular complexity index is 886. The molecule has 0 aromatic heterocycles. The van der Waals surface area contributed by atoms with Crippen LogP contribution < -0.4 is 16.0 Å². The number of halogens is 3. The lowest BCUT2D eigenvalue weighted by atomic mass is 10.1. The number of carboxylic acids is 1. The van der Waals surface area contributed by atoms with Crippen LogP contribution in [0.15, 0.2) is 48.5 Å². The van der Waals surface area contributed by atoms with Gasteiger partial charge in [-0.25, -0.2) is 4.79 Å². The molecule has 0 heterocycles. The van der Waals surface area contributed by atoms with E-state index < -0.39 is 21.8 Å². The normalized spacial score (nSPS) is 12.0. The van der Waals surface area contributed by atoms with Crippen LogP contribution in [0.1, 0.15) is 26.3 Å². The molecule has 2 rings (SSSR count). The monoisotopic (exact) mass is 459 g/mol. The number of carbonyl (C=O) groups is 2. The second-order valence-corrected chi connectivity index (χ2v) is 8.52. The van der Waals surface area contributed by atoms with Gasteiger partial charge in [-0.2, -0.15) is 0 Å². The molecule has 6 nitrogen and oxygen atoms in total. The number of nitrogens with one attached hydrogen (secondary N) is 3. The van der Waals surface area contributed by atoms with E-state index in [0.29, 0.717) is 11.3 Å². The number of hydrogen-bond acceptors (Lipinski definition) is 3. The van der Waals surface area contributed by atoms with Crippen molar-refractivity contribution in [2.45, 2.75) is 16.9 Å². The highest BCUT2D eigenvalue weighted by atomic mass is 35.6. The first-order valence-electron chi connectivity index (χ1n) is 7.92. The molecule has 1 unspecified atom stereocenters. The number of thiocarbonyl (C=S) groups is 1. The van der Waals surface area contributed by atoms with Gasteiger partial charge in [0, 0.05) is 11.3 Å². The number of benzene rings is 2. The third-order valence-electron chi connectivity index (χ3n) is 3.66. The Hall–Kier alpha value is -2.06. The Morgan fingerprint density at radius 3 is 2.18 bits per heavy atom. The molecular weight excluding hydrogens is 445 g/mol. The molecule has 2 aromatic carbocycles. The second-order valence-electron chi connectivity index (χ2n) is 5.74. The van der Waals surface area contributed by atoms with Crippen molar-refractivity contribution in [3.8, 4) is 0 Å². The highest BCUT2D eigenvalue weighted by Crippen LogP contribution is 2.29.